The van der Waals surface area contributed by atoms with Gasteiger partial charge in [0.1, 0.15) is 0 Å². The van der Waals surface area contributed by atoms with E-state index >= 15 is 0 Å². The number of rotatable bonds is 2. The maximum absolute atomic E-state index is 13.8. The van der Waals surface area contributed by atoms with Crippen LogP contribution in [0.1, 0.15) is 12.8 Å². The van der Waals surface area contributed by atoms with Crippen LogP contribution in [-0.2, 0) is 4.79 Å². The van der Waals surface area contributed by atoms with Crippen molar-refractivity contribution in [3.8, 4) is 0 Å². The molecule has 2 rings (SSSR count). The van der Waals surface area contributed by atoms with Gasteiger partial charge in [-0.2, -0.15) is 0 Å². The second-order valence-corrected chi connectivity index (χ2v) is 5.87. The largest absolute Gasteiger partial charge is 0.354 e. The van der Waals surface area contributed by atoms with Gasteiger partial charge in [0.05, 0.1) is 0 Å². The standard InChI is InChI=1S/C13H17BrFN3O/c1-17(2)13(19)9-3-5-18(6-4-9)12-11(15)7-10(14)8-16-12/h7-9H,3-6H2,1-2H3. The van der Waals surface area contributed by atoms with E-state index in [1.54, 1.807) is 25.2 Å². The molecule has 1 aliphatic rings. The molecule has 104 valence electrons. The Balaban J connectivity index is 2.02. The monoisotopic (exact) mass is 329 g/mol. The minimum absolute atomic E-state index is 0.0461. The summed E-state index contributed by atoms with van der Waals surface area (Å²) < 4.78 is 14.4. The molecule has 1 fully saturated rings. The van der Waals surface area contributed by atoms with Gasteiger partial charge in [0, 0.05) is 43.8 Å². The molecule has 1 aromatic heterocycles. The van der Waals surface area contributed by atoms with Gasteiger partial charge in [0.25, 0.3) is 0 Å². The summed E-state index contributed by atoms with van der Waals surface area (Å²) in [5, 5.41) is 0. The Morgan fingerprint density at radius 1 is 1.47 bits per heavy atom. The van der Waals surface area contributed by atoms with Crippen molar-refractivity contribution in [1.29, 1.82) is 0 Å². The summed E-state index contributed by atoms with van der Waals surface area (Å²) in [6.07, 6.45) is 3.08. The zero-order valence-electron chi connectivity index (χ0n) is 11.1. The second kappa shape index (κ2) is 5.86. The van der Waals surface area contributed by atoms with Gasteiger partial charge in [-0.15, -0.1) is 0 Å². The highest BCUT2D eigenvalue weighted by Gasteiger charge is 2.27. The number of hydrogen-bond donors (Lipinski definition) is 0. The maximum atomic E-state index is 13.8. The smallest absolute Gasteiger partial charge is 0.225 e. The quantitative estimate of drug-likeness (QED) is 0.835. The molecule has 0 atom stereocenters. The molecule has 4 nitrogen and oxygen atoms in total. The van der Waals surface area contributed by atoms with Gasteiger partial charge in [-0.1, -0.05) is 0 Å². The number of nitrogens with zero attached hydrogens (tertiary/aromatic N) is 3. The molecule has 19 heavy (non-hydrogen) atoms. The third-order valence-electron chi connectivity index (χ3n) is 3.37. The number of hydrogen-bond acceptors (Lipinski definition) is 3. The van der Waals surface area contributed by atoms with Crippen LogP contribution < -0.4 is 4.90 Å². The molecule has 1 saturated heterocycles. The van der Waals surface area contributed by atoms with Crippen LogP contribution in [0.2, 0.25) is 0 Å². The maximum Gasteiger partial charge on any atom is 0.225 e. The zero-order valence-corrected chi connectivity index (χ0v) is 12.7. The van der Waals surface area contributed by atoms with Crippen molar-refractivity contribution in [2.24, 2.45) is 5.92 Å². The number of pyridine rings is 1. The highest BCUT2D eigenvalue weighted by molar-refractivity contribution is 9.10. The molecular formula is C13H17BrFN3O. The highest BCUT2D eigenvalue weighted by Crippen LogP contribution is 2.26. The summed E-state index contributed by atoms with van der Waals surface area (Å²) in [6, 6.07) is 1.42. The van der Waals surface area contributed by atoms with Gasteiger partial charge >= 0.3 is 0 Å². The van der Waals surface area contributed by atoms with E-state index in [9.17, 15) is 9.18 Å². The first-order valence-corrected chi connectivity index (χ1v) is 7.05. The predicted octanol–water partition coefficient (Wildman–Crippen LogP) is 2.29. The zero-order chi connectivity index (χ0) is 14.0. The molecule has 0 N–H and O–H groups in total. The van der Waals surface area contributed by atoms with Gasteiger partial charge in [-0.3, -0.25) is 4.79 Å². The highest BCUT2D eigenvalue weighted by atomic mass is 79.9. The van der Waals surface area contributed by atoms with Crippen LogP contribution in [0.15, 0.2) is 16.7 Å². The first-order valence-electron chi connectivity index (χ1n) is 6.26. The van der Waals surface area contributed by atoms with Crippen molar-refractivity contribution >= 4 is 27.7 Å². The van der Waals surface area contributed by atoms with Crippen LogP contribution >= 0.6 is 15.9 Å². The summed E-state index contributed by atoms with van der Waals surface area (Å²) in [7, 11) is 3.54. The van der Waals surface area contributed by atoms with Crippen molar-refractivity contribution in [1.82, 2.24) is 9.88 Å². The van der Waals surface area contributed by atoms with E-state index in [2.05, 4.69) is 20.9 Å². The number of amides is 1. The average molecular weight is 330 g/mol. The number of carbonyl (C=O) groups excluding carboxylic acids is 1. The third-order valence-corrected chi connectivity index (χ3v) is 3.81. The molecule has 0 bridgehead atoms. The van der Waals surface area contributed by atoms with Gasteiger partial charge in [-0.25, -0.2) is 9.37 Å². The van der Waals surface area contributed by atoms with Gasteiger partial charge < -0.3 is 9.80 Å². The SMILES string of the molecule is CN(C)C(=O)C1CCN(c2ncc(Br)cc2F)CC1. The van der Waals surface area contributed by atoms with E-state index in [-0.39, 0.29) is 17.6 Å². The normalized spacial score (nSPS) is 16.5. The number of anilines is 1. The molecule has 0 aliphatic carbocycles. The second-order valence-electron chi connectivity index (χ2n) is 4.95. The lowest BCUT2D eigenvalue weighted by Gasteiger charge is -2.33. The third kappa shape index (κ3) is 3.23. The summed E-state index contributed by atoms with van der Waals surface area (Å²) in [6.45, 7) is 1.32. The molecule has 0 unspecified atom stereocenters. The molecule has 1 aromatic rings. The van der Waals surface area contributed by atoms with Gasteiger partial charge in [0.15, 0.2) is 11.6 Å². The Morgan fingerprint density at radius 3 is 2.63 bits per heavy atom. The van der Waals surface area contributed by atoms with Gasteiger partial charge in [-0.05, 0) is 34.8 Å². The topological polar surface area (TPSA) is 36.4 Å². The summed E-state index contributed by atoms with van der Waals surface area (Å²) in [4.78, 5) is 19.5. The fraction of sp³-hybridized carbons (Fsp3) is 0.538. The molecule has 0 saturated carbocycles. The van der Waals surface area contributed by atoms with Crippen molar-refractivity contribution in [3.63, 3.8) is 0 Å². The van der Waals surface area contributed by atoms with Crippen LogP contribution in [-0.4, -0.2) is 43.0 Å². The van der Waals surface area contributed by atoms with E-state index < -0.39 is 0 Å². The van der Waals surface area contributed by atoms with Crippen LogP contribution in [0.4, 0.5) is 10.2 Å². The van der Waals surface area contributed by atoms with Crippen LogP contribution in [0.3, 0.4) is 0 Å². The number of carbonyl (C=O) groups is 1. The first kappa shape index (κ1) is 14.2. The summed E-state index contributed by atoms with van der Waals surface area (Å²) >= 11 is 3.19. The molecular weight excluding hydrogens is 313 g/mol. The Hall–Kier alpha value is -1.17. The number of halogens is 2. The number of aromatic nitrogens is 1. The van der Waals surface area contributed by atoms with E-state index in [1.807, 2.05) is 4.90 Å². The fourth-order valence-corrected chi connectivity index (χ4v) is 2.65. The van der Waals surface area contributed by atoms with Crippen molar-refractivity contribution in [2.45, 2.75) is 12.8 Å². The predicted molar refractivity (Wildman–Crippen MR) is 75.5 cm³/mol. The van der Waals surface area contributed by atoms with Crippen LogP contribution in [0.25, 0.3) is 0 Å². The Bertz CT molecular complexity index is 473. The van der Waals surface area contributed by atoms with E-state index in [4.69, 9.17) is 0 Å². The molecule has 0 spiro atoms. The Kier molecular flexibility index (Phi) is 4.39. The summed E-state index contributed by atoms with van der Waals surface area (Å²) in [5.41, 5.74) is 0. The van der Waals surface area contributed by atoms with Gasteiger partial charge in [0.2, 0.25) is 5.91 Å². The molecule has 1 aliphatic heterocycles. The minimum Gasteiger partial charge on any atom is -0.354 e. The van der Waals surface area contributed by atoms with Crippen molar-refractivity contribution < 1.29 is 9.18 Å². The van der Waals surface area contributed by atoms with Crippen LogP contribution in [0.5, 0.6) is 0 Å². The molecule has 6 heteroatoms. The van der Waals surface area contributed by atoms with E-state index in [0.29, 0.717) is 23.4 Å². The molecule has 0 aromatic carbocycles. The summed E-state index contributed by atoms with van der Waals surface area (Å²) in [5.74, 6) is 0.249. The molecule has 0 radical (unpaired) electrons. The number of piperidine rings is 1. The molecule has 1 amide bonds. The van der Waals surface area contributed by atoms with E-state index in [1.165, 1.54) is 6.07 Å². The van der Waals surface area contributed by atoms with Crippen molar-refractivity contribution in [2.75, 3.05) is 32.1 Å². The Morgan fingerprint density at radius 2 is 2.11 bits per heavy atom. The average Bonchev–Trinajstić information content (AvgIpc) is 2.38. The Labute approximate surface area is 120 Å². The van der Waals surface area contributed by atoms with Crippen molar-refractivity contribution in [3.05, 3.63) is 22.6 Å². The molecule has 2 heterocycles. The van der Waals surface area contributed by atoms with E-state index in [0.717, 1.165) is 12.8 Å². The first-order chi connectivity index (χ1) is 8.99. The lowest BCUT2D eigenvalue weighted by molar-refractivity contribution is -0.133. The fourth-order valence-electron chi connectivity index (χ4n) is 2.34. The van der Waals surface area contributed by atoms with Crippen LogP contribution in [0, 0.1) is 11.7 Å². The lowest BCUT2D eigenvalue weighted by Crippen LogP contribution is -2.40. The minimum atomic E-state index is -0.327. The lowest BCUT2D eigenvalue weighted by atomic mass is 9.95.